The van der Waals surface area contributed by atoms with Crippen molar-refractivity contribution in [2.24, 2.45) is 0 Å². The van der Waals surface area contributed by atoms with E-state index in [0.29, 0.717) is 0 Å². The number of esters is 1. The molecule has 0 amide bonds. The number of carbonyl (C=O) groups excluding carboxylic acids is 1. The first kappa shape index (κ1) is 13.6. The molecule has 6 heteroatoms. The molecule has 4 nitrogen and oxygen atoms in total. The smallest absolute Gasteiger partial charge is 0.306 e. The largest absolute Gasteiger partial charge is 0.469 e. The van der Waals surface area contributed by atoms with Crippen molar-refractivity contribution < 1.29 is 22.3 Å². The molecule has 17 heavy (non-hydrogen) atoms. The zero-order valence-electron chi connectivity index (χ0n) is 9.57. The third-order valence-corrected chi connectivity index (χ3v) is 4.00. The first-order chi connectivity index (χ1) is 7.86. The SMILES string of the molecule is COC(=O)CCS(=O)(=O)c1ccc(F)c(C)c1. The second kappa shape index (κ2) is 5.27. The van der Waals surface area contributed by atoms with Gasteiger partial charge in [0.25, 0.3) is 0 Å². The molecule has 1 rings (SSSR count). The molecule has 0 atom stereocenters. The van der Waals surface area contributed by atoms with E-state index in [1.807, 2.05) is 0 Å². The van der Waals surface area contributed by atoms with Gasteiger partial charge in [0.1, 0.15) is 5.82 Å². The van der Waals surface area contributed by atoms with Gasteiger partial charge in [-0.05, 0) is 30.7 Å². The molecule has 94 valence electrons. The number of ether oxygens (including phenoxy) is 1. The van der Waals surface area contributed by atoms with Crippen LogP contribution in [0.2, 0.25) is 0 Å². The molecule has 0 aliphatic carbocycles. The average Bonchev–Trinajstić information content (AvgIpc) is 2.29. The highest BCUT2D eigenvalue weighted by molar-refractivity contribution is 7.91. The number of halogens is 1. The Morgan fingerprint density at radius 2 is 2.06 bits per heavy atom. The van der Waals surface area contributed by atoms with Crippen molar-refractivity contribution in [2.45, 2.75) is 18.2 Å². The van der Waals surface area contributed by atoms with Gasteiger partial charge in [0.05, 0.1) is 24.2 Å². The molecule has 0 aliphatic rings. The number of hydrogen-bond acceptors (Lipinski definition) is 4. The molecule has 0 saturated heterocycles. The van der Waals surface area contributed by atoms with Gasteiger partial charge in [0.15, 0.2) is 9.84 Å². The third-order valence-electron chi connectivity index (χ3n) is 2.29. The number of methoxy groups -OCH3 is 1. The molecular formula is C11H13FO4S. The van der Waals surface area contributed by atoms with Crippen molar-refractivity contribution in [3.63, 3.8) is 0 Å². The summed E-state index contributed by atoms with van der Waals surface area (Å²) < 4.78 is 40.9. The molecule has 0 unspecified atom stereocenters. The summed E-state index contributed by atoms with van der Waals surface area (Å²) in [5, 5.41) is 0. The first-order valence-corrected chi connectivity index (χ1v) is 6.58. The minimum atomic E-state index is -3.57. The summed E-state index contributed by atoms with van der Waals surface area (Å²) in [7, 11) is -2.38. The van der Waals surface area contributed by atoms with E-state index in [9.17, 15) is 17.6 Å². The summed E-state index contributed by atoms with van der Waals surface area (Å²) in [4.78, 5) is 10.9. The fourth-order valence-corrected chi connectivity index (χ4v) is 2.55. The highest BCUT2D eigenvalue weighted by atomic mass is 32.2. The Labute approximate surface area is 99.3 Å². The van der Waals surface area contributed by atoms with Gasteiger partial charge in [-0.2, -0.15) is 0 Å². The van der Waals surface area contributed by atoms with Crippen LogP contribution >= 0.6 is 0 Å². The predicted molar refractivity (Wildman–Crippen MR) is 59.8 cm³/mol. The van der Waals surface area contributed by atoms with Crippen LogP contribution in [0.25, 0.3) is 0 Å². The van der Waals surface area contributed by atoms with Crippen LogP contribution in [-0.2, 0) is 19.4 Å². The van der Waals surface area contributed by atoms with E-state index in [0.717, 1.165) is 6.07 Å². The lowest BCUT2D eigenvalue weighted by Gasteiger charge is -2.05. The van der Waals surface area contributed by atoms with Gasteiger partial charge in [-0.3, -0.25) is 4.79 Å². The van der Waals surface area contributed by atoms with Crippen LogP contribution in [0.3, 0.4) is 0 Å². The number of rotatable bonds is 4. The van der Waals surface area contributed by atoms with Crippen molar-refractivity contribution in [2.75, 3.05) is 12.9 Å². The second-order valence-corrected chi connectivity index (χ2v) is 5.67. The third kappa shape index (κ3) is 3.52. The number of sulfone groups is 1. The van der Waals surface area contributed by atoms with Crippen LogP contribution in [0.1, 0.15) is 12.0 Å². The molecule has 0 aromatic heterocycles. The van der Waals surface area contributed by atoms with E-state index in [2.05, 4.69) is 4.74 Å². The maximum atomic E-state index is 13.0. The molecule has 0 spiro atoms. The minimum absolute atomic E-state index is 0.0142. The molecule has 0 bridgehead atoms. The van der Waals surface area contributed by atoms with Crippen LogP contribution < -0.4 is 0 Å². The number of aryl methyl sites for hydroxylation is 1. The van der Waals surface area contributed by atoms with Gasteiger partial charge in [0, 0.05) is 0 Å². The van der Waals surface area contributed by atoms with Crippen LogP contribution in [0.4, 0.5) is 4.39 Å². The quantitative estimate of drug-likeness (QED) is 0.607. The van der Waals surface area contributed by atoms with Crippen molar-refractivity contribution in [3.8, 4) is 0 Å². The molecule has 0 aliphatic heterocycles. The molecule has 1 aromatic carbocycles. The fourth-order valence-electron chi connectivity index (χ4n) is 1.25. The lowest BCUT2D eigenvalue weighted by molar-refractivity contribution is -0.140. The number of hydrogen-bond donors (Lipinski definition) is 0. The Balaban J connectivity index is 2.90. The summed E-state index contributed by atoms with van der Waals surface area (Å²) >= 11 is 0. The number of carbonyl (C=O) groups is 1. The minimum Gasteiger partial charge on any atom is -0.469 e. The van der Waals surface area contributed by atoms with Gasteiger partial charge in [0.2, 0.25) is 0 Å². The Morgan fingerprint density at radius 1 is 1.41 bits per heavy atom. The van der Waals surface area contributed by atoms with Gasteiger partial charge in [-0.15, -0.1) is 0 Å². The van der Waals surface area contributed by atoms with E-state index < -0.39 is 21.6 Å². The van der Waals surface area contributed by atoms with Gasteiger partial charge in [-0.25, -0.2) is 12.8 Å². The van der Waals surface area contributed by atoms with Crippen LogP contribution in [0.5, 0.6) is 0 Å². The lowest BCUT2D eigenvalue weighted by Crippen LogP contribution is -2.12. The summed E-state index contributed by atoms with van der Waals surface area (Å²) in [6.45, 7) is 1.48. The zero-order valence-corrected chi connectivity index (χ0v) is 10.4. The fraction of sp³-hybridized carbons (Fsp3) is 0.364. The first-order valence-electron chi connectivity index (χ1n) is 4.92. The Bertz CT molecular complexity index is 522. The standard InChI is InChI=1S/C11H13FO4S/c1-8-7-9(3-4-10(8)12)17(14,15)6-5-11(13)16-2/h3-4,7H,5-6H2,1-2H3. The van der Waals surface area contributed by atoms with E-state index in [-0.39, 0.29) is 22.6 Å². The van der Waals surface area contributed by atoms with Gasteiger partial charge < -0.3 is 4.74 Å². The molecule has 1 aromatic rings. The Kier molecular flexibility index (Phi) is 4.22. The molecular weight excluding hydrogens is 247 g/mol. The van der Waals surface area contributed by atoms with Gasteiger partial charge in [-0.1, -0.05) is 0 Å². The summed E-state index contributed by atoms with van der Waals surface area (Å²) in [6, 6.07) is 3.54. The lowest BCUT2D eigenvalue weighted by atomic mass is 10.2. The summed E-state index contributed by atoms with van der Waals surface area (Å²) in [5.74, 6) is -1.39. The molecule has 0 N–H and O–H groups in total. The van der Waals surface area contributed by atoms with Crippen molar-refractivity contribution >= 4 is 15.8 Å². The maximum absolute atomic E-state index is 13.0. The molecule has 0 radical (unpaired) electrons. The highest BCUT2D eigenvalue weighted by Crippen LogP contribution is 2.16. The maximum Gasteiger partial charge on any atom is 0.306 e. The topological polar surface area (TPSA) is 60.4 Å². The Morgan fingerprint density at radius 3 is 2.59 bits per heavy atom. The molecule has 0 heterocycles. The van der Waals surface area contributed by atoms with E-state index in [4.69, 9.17) is 0 Å². The predicted octanol–water partition coefficient (Wildman–Crippen LogP) is 1.47. The Hall–Kier alpha value is -1.43. The van der Waals surface area contributed by atoms with Crippen molar-refractivity contribution in [1.82, 2.24) is 0 Å². The summed E-state index contributed by atoms with van der Waals surface area (Å²) in [6.07, 6.45) is -0.213. The average molecular weight is 260 g/mol. The second-order valence-electron chi connectivity index (χ2n) is 3.56. The number of benzene rings is 1. The highest BCUT2D eigenvalue weighted by Gasteiger charge is 2.17. The van der Waals surface area contributed by atoms with Gasteiger partial charge >= 0.3 is 5.97 Å². The van der Waals surface area contributed by atoms with Crippen molar-refractivity contribution in [1.29, 1.82) is 0 Å². The van der Waals surface area contributed by atoms with Crippen LogP contribution in [0, 0.1) is 12.7 Å². The zero-order chi connectivity index (χ0) is 13.1. The monoisotopic (exact) mass is 260 g/mol. The van der Waals surface area contributed by atoms with E-state index in [1.165, 1.54) is 26.2 Å². The molecule has 0 fully saturated rings. The van der Waals surface area contributed by atoms with E-state index in [1.54, 1.807) is 0 Å². The van der Waals surface area contributed by atoms with Crippen LogP contribution in [0.15, 0.2) is 23.1 Å². The van der Waals surface area contributed by atoms with Crippen LogP contribution in [-0.4, -0.2) is 27.2 Å². The van der Waals surface area contributed by atoms with Crippen molar-refractivity contribution in [3.05, 3.63) is 29.6 Å². The molecule has 0 saturated carbocycles. The van der Waals surface area contributed by atoms with E-state index >= 15 is 0 Å². The normalized spacial score (nSPS) is 11.2. The summed E-state index contributed by atoms with van der Waals surface area (Å²) in [5.41, 5.74) is 0.254.